The number of hydrogen-bond acceptors (Lipinski definition) is 3. The summed E-state index contributed by atoms with van der Waals surface area (Å²) in [4.78, 5) is 0. The number of hydrogen-bond donors (Lipinski definition) is 2. The lowest BCUT2D eigenvalue weighted by atomic mass is 10.0. The minimum atomic E-state index is -0.515. The number of benzene rings is 1. The third-order valence-electron chi connectivity index (χ3n) is 3.10. The van der Waals surface area contributed by atoms with Gasteiger partial charge in [0.1, 0.15) is 0 Å². The predicted octanol–water partition coefficient (Wildman–Crippen LogP) is 2.61. The van der Waals surface area contributed by atoms with Gasteiger partial charge in [-0.05, 0) is 36.3 Å². The molecule has 0 saturated carbocycles. The zero-order chi connectivity index (χ0) is 12.3. The molecule has 0 aromatic heterocycles. The summed E-state index contributed by atoms with van der Waals surface area (Å²) in [5, 5.41) is 14.3. The van der Waals surface area contributed by atoms with Crippen LogP contribution in [0.3, 0.4) is 0 Å². The largest absolute Gasteiger partial charge is 0.388 e. The molecule has 0 radical (unpaired) electrons. The van der Waals surface area contributed by atoms with Crippen LogP contribution in [-0.4, -0.2) is 28.8 Å². The average molecular weight is 272 g/mol. The lowest BCUT2D eigenvalue weighted by Crippen LogP contribution is -2.40. The highest BCUT2D eigenvalue weighted by Gasteiger charge is 2.30. The molecule has 0 unspecified atom stereocenters. The first kappa shape index (κ1) is 13.2. The third kappa shape index (κ3) is 3.62. The first-order chi connectivity index (χ1) is 8.09. The minimum Gasteiger partial charge on any atom is -0.388 e. The highest BCUT2D eigenvalue weighted by molar-refractivity contribution is 7.99. The Kier molecular flexibility index (Phi) is 4.36. The molecular formula is C13H18ClNOS. The Morgan fingerprint density at radius 3 is 3.00 bits per heavy atom. The molecule has 0 aliphatic carbocycles. The van der Waals surface area contributed by atoms with Crippen LogP contribution in [0.4, 0.5) is 0 Å². The highest BCUT2D eigenvalue weighted by atomic mass is 35.5. The Balaban J connectivity index is 1.83. The fraction of sp³-hybridized carbons (Fsp3) is 0.538. The Bertz CT molecular complexity index is 391. The van der Waals surface area contributed by atoms with Crippen molar-refractivity contribution in [3.63, 3.8) is 0 Å². The van der Waals surface area contributed by atoms with E-state index >= 15 is 0 Å². The Morgan fingerprint density at radius 1 is 1.53 bits per heavy atom. The molecule has 2 rings (SSSR count). The smallest absolute Gasteiger partial charge is 0.0869 e. The predicted molar refractivity (Wildman–Crippen MR) is 74.8 cm³/mol. The van der Waals surface area contributed by atoms with Crippen molar-refractivity contribution in [2.24, 2.45) is 0 Å². The molecule has 4 heteroatoms. The van der Waals surface area contributed by atoms with E-state index in [2.05, 4.69) is 11.4 Å². The monoisotopic (exact) mass is 271 g/mol. The highest BCUT2D eigenvalue weighted by Crippen LogP contribution is 2.27. The number of aliphatic hydroxyl groups is 1. The van der Waals surface area contributed by atoms with Crippen LogP contribution in [0, 0.1) is 6.92 Å². The maximum absolute atomic E-state index is 10.2. The standard InChI is InChI=1S/C13H18ClNOS/c1-10-2-3-11(6-12(10)14)7-15-8-13(16)4-5-17-9-13/h2-3,6,15-16H,4-5,7-9H2,1H3/t13-/m1/s1. The quantitative estimate of drug-likeness (QED) is 0.883. The maximum atomic E-state index is 10.2. The molecule has 2 N–H and O–H groups in total. The molecular weight excluding hydrogens is 254 g/mol. The summed E-state index contributed by atoms with van der Waals surface area (Å²) in [6.07, 6.45) is 0.888. The molecule has 94 valence electrons. The van der Waals surface area contributed by atoms with Crippen molar-refractivity contribution in [3.05, 3.63) is 34.3 Å². The van der Waals surface area contributed by atoms with E-state index in [0.29, 0.717) is 6.54 Å². The van der Waals surface area contributed by atoms with Gasteiger partial charge >= 0.3 is 0 Å². The molecule has 2 nitrogen and oxygen atoms in total. The van der Waals surface area contributed by atoms with Gasteiger partial charge in [-0.25, -0.2) is 0 Å². The molecule has 1 aromatic carbocycles. The van der Waals surface area contributed by atoms with Gasteiger partial charge in [0.25, 0.3) is 0 Å². The van der Waals surface area contributed by atoms with Crippen LogP contribution in [0.1, 0.15) is 17.5 Å². The van der Waals surface area contributed by atoms with E-state index in [1.165, 1.54) is 0 Å². The van der Waals surface area contributed by atoms with Crippen molar-refractivity contribution >= 4 is 23.4 Å². The summed E-state index contributed by atoms with van der Waals surface area (Å²) in [6.45, 7) is 3.41. The molecule has 1 heterocycles. The van der Waals surface area contributed by atoms with Gasteiger partial charge in [0.15, 0.2) is 0 Å². The second-order valence-corrected chi connectivity index (χ2v) is 6.23. The molecule has 1 fully saturated rings. The zero-order valence-electron chi connectivity index (χ0n) is 10.0. The summed E-state index contributed by atoms with van der Waals surface area (Å²) in [7, 11) is 0. The van der Waals surface area contributed by atoms with Crippen LogP contribution in [0.5, 0.6) is 0 Å². The number of aryl methyl sites for hydroxylation is 1. The summed E-state index contributed by atoms with van der Waals surface area (Å²) >= 11 is 7.89. The second-order valence-electron chi connectivity index (χ2n) is 4.71. The van der Waals surface area contributed by atoms with E-state index in [9.17, 15) is 5.11 Å². The van der Waals surface area contributed by atoms with Crippen molar-refractivity contribution in [2.75, 3.05) is 18.1 Å². The Hall–Kier alpha value is -0.220. The number of thioether (sulfide) groups is 1. The van der Waals surface area contributed by atoms with E-state index in [1.54, 1.807) is 0 Å². The third-order valence-corrected chi connectivity index (χ3v) is 4.74. The van der Waals surface area contributed by atoms with Crippen LogP contribution >= 0.6 is 23.4 Å². The minimum absolute atomic E-state index is 0.515. The van der Waals surface area contributed by atoms with Gasteiger partial charge in [-0.3, -0.25) is 0 Å². The molecule has 0 spiro atoms. The lowest BCUT2D eigenvalue weighted by Gasteiger charge is -2.21. The van der Waals surface area contributed by atoms with E-state index in [-0.39, 0.29) is 0 Å². The summed E-state index contributed by atoms with van der Waals surface area (Å²) < 4.78 is 0. The molecule has 17 heavy (non-hydrogen) atoms. The van der Waals surface area contributed by atoms with Crippen LogP contribution in [0.2, 0.25) is 5.02 Å². The molecule has 1 aliphatic rings. The van der Waals surface area contributed by atoms with E-state index in [1.807, 2.05) is 30.8 Å². The topological polar surface area (TPSA) is 32.3 Å². The van der Waals surface area contributed by atoms with Gasteiger partial charge in [-0.1, -0.05) is 23.7 Å². The molecule has 1 aliphatic heterocycles. The first-order valence-corrected chi connectivity index (χ1v) is 7.38. The van der Waals surface area contributed by atoms with Crippen molar-refractivity contribution in [2.45, 2.75) is 25.5 Å². The van der Waals surface area contributed by atoms with E-state index < -0.39 is 5.60 Å². The first-order valence-electron chi connectivity index (χ1n) is 5.85. The van der Waals surface area contributed by atoms with Crippen LogP contribution in [0.15, 0.2) is 18.2 Å². The molecule has 1 aromatic rings. The number of rotatable bonds is 4. The fourth-order valence-electron chi connectivity index (χ4n) is 1.92. The molecule has 1 saturated heterocycles. The maximum Gasteiger partial charge on any atom is 0.0869 e. The second kappa shape index (κ2) is 5.61. The summed E-state index contributed by atoms with van der Waals surface area (Å²) in [5.41, 5.74) is 1.75. The molecule has 0 bridgehead atoms. The van der Waals surface area contributed by atoms with Crippen LogP contribution in [-0.2, 0) is 6.54 Å². The number of halogens is 1. The van der Waals surface area contributed by atoms with Gasteiger partial charge in [-0.15, -0.1) is 0 Å². The van der Waals surface area contributed by atoms with Crippen LogP contribution in [0.25, 0.3) is 0 Å². The molecule has 0 amide bonds. The lowest BCUT2D eigenvalue weighted by molar-refractivity contribution is 0.0675. The van der Waals surface area contributed by atoms with Crippen molar-refractivity contribution < 1.29 is 5.11 Å². The normalized spacial score (nSPS) is 24.2. The van der Waals surface area contributed by atoms with Crippen molar-refractivity contribution in [3.8, 4) is 0 Å². The fourth-order valence-corrected chi connectivity index (χ4v) is 3.42. The van der Waals surface area contributed by atoms with Crippen molar-refractivity contribution in [1.29, 1.82) is 0 Å². The Labute approximate surface area is 112 Å². The van der Waals surface area contributed by atoms with Gasteiger partial charge in [0.05, 0.1) is 5.60 Å². The van der Waals surface area contributed by atoms with Gasteiger partial charge in [0.2, 0.25) is 0 Å². The van der Waals surface area contributed by atoms with Gasteiger partial charge < -0.3 is 10.4 Å². The van der Waals surface area contributed by atoms with E-state index in [0.717, 1.165) is 40.6 Å². The zero-order valence-corrected chi connectivity index (χ0v) is 11.6. The molecule has 1 atom stereocenters. The van der Waals surface area contributed by atoms with Gasteiger partial charge in [-0.2, -0.15) is 11.8 Å². The van der Waals surface area contributed by atoms with E-state index in [4.69, 9.17) is 11.6 Å². The van der Waals surface area contributed by atoms with Crippen molar-refractivity contribution in [1.82, 2.24) is 5.32 Å². The summed E-state index contributed by atoms with van der Waals surface area (Å²) in [5.74, 6) is 1.91. The number of nitrogens with one attached hydrogen (secondary N) is 1. The summed E-state index contributed by atoms with van der Waals surface area (Å²) in [6, 6.07) is 6.08. The van der Waals surface area contributed by atoms with Crippen LogP contribution < -0.4 is 5.32 Å². The SMILES string of the molecule is Cc1ccc(CNC[C@]2(O)CCSC2)cc1Cl. The van der Waals surface area contributed by atoms with Gasteiger partial charge in [0, 0.05) is 23.9 Å². The Morgan fingerprint density at radius 2 is 2.35 bits per heavy atom. The average Bonchev–Trinajstić information content (AvgIpc) is 2.71.